The number of hydrogen-bond donors (Lipinski definition) is 2. The van der Waals surface area contributed by atoms with Gasteiger partial charge in [-0.25, -0.2) is 4.99 Å². The van der Waals surface area contributed by atoms with E-state index < -0.39 is 42.3 Å². The van der Waals surface area contributed by atoms with Crippen LogP contribution in [0.15, 0.2) is 41.4 Å². The van der Waals surface area contributed by atoms with E-state index in [1.165, 1.54) is 29.1 Å². The summed E-state index contributed by atoms with van der Waals surface area (Å²) >= 11 is 0. The van der Waals surface area contributed by atoms with E-state index >= 15 is 0 Å². The molecule has 0 bridgehead atoms. The quantitative estimate of drug-likeness (QED) is 0.0454. The molecule has 3 rings (SSSR count). The summed E-state index contributed by atoms with van der Waals surface area (Å²) in [6.45, 7) is 10.9. The number of ether oxygens (including phenoxy) is 2. The summed E-state index contributed by atoms with van der Waals surface area (Å²) in [6.07, 6.45) is 5.90. The van der Waals surface area contributed by atoms with Gasteiger partial charge in [-0.15, -0.1) is 9.24 Å². The average molecular weight is 984 g/mol. The van der Waals surface area contributed by atoms with Crippen LogP contribution in [0.2, 0.25) is 0 Å². The number of methoxy groups -OCH3 is 2. The number of imide groups is 1. The molecule has 2 heterocycles. The minimum atomic E-state index is -0.862. The van der Waals surface area contributed by atoms with Gasteiger partial charge in [0.05, 0.1) is 36.6 Å². The van der Waals surface area contributed by atoms with Gasteiger partial charge in [0.25, 0.3) is 11.8 Å². The van der Waals surface area contributed by atoms with Crippen molar-refractivity contribution in [3.05, 3.63) is 42.0 Å². The van der Waals surface area contributed by atoms with Crippen molar-refractivity contribution >= 4 is 62.2 Å². The van der Waals surface area contributed by atoms with E-state index in [-0.39, 0.29) is 65.8 Å². The molecule has 1 unspecified atom stereocenters. The zero-order valence-electron chi connectivity index (χ0n) is 43.5. The highest BCUT2D eigenvalue weighted by Gasteiger charge is 2.43. The second kappa shape index (κ2) is 28.1. The maximum atomic E-state index is 14.4. The molecule has 1 aromatic carbocycles. The van der Waals surface area contributed by atoms with Crippen LogP contribution >= 0.6 is 9.24 Å². The monoisotopic (exact) mass is 984 g/mol. The number of benzene rings is 1. The van der Waals surface area contributed by atoms with Crippen LogP contribution in [0.4, 0.5) is 5.69 Å². The summed E-state index contributed by atoms with van der Waals surface area (Å²) in [5, 5.41) is 5.85. The molecular weight excluding hydrogens is 902 g/mol. The summed E-state index contributed by atoms with van der Waals surface area (Å²) < 4.78 is 12.1. The number of carbonyl (C=O) groups excluding carboxylic acids is 7. The lowest BCUT2D eigenvalue weighted by Gasteiger charge is -2.40. The van der Waals surface area contributed by atoms with Crippen molar-refractivity contribution in [1.29, 1.82) is 0 Å². The van der Waals surface area contributed by atoms with Crippen molar-refractivity contribution in [2.45, 2.75) is 129 Å². The first-order valence-electron chi connectivity index (χ1n) is 24.3. The Kier molecular flexibility index (Phi) is 23.7. The number of aliphatic imine (C=N–C) groups is 1. The predicted octanol–water partition coefficient (Wildman–Crippen LogP) is 3.54. The van der Waals surface area contributed by atoms with Crippen molar-refractivity contribution in [2.75, 3.05) is 80.7 Å². The Morgan fingerprint density at radius 3 is 2.03 bits per heavy atom. The van der Waals surface area contributed by atoms with Crippen LogP contribution in [0.25, 0.3) is 0 Å². The molecule has 69 heavy (non-hydrogen) atoms. The van der Waals surface area contributed by atoms with Gasteiger partial charge in [0, 0.05) is 100 Å². The molecule has 1 saturated heterocycles. The maximum Gasteiger partial charge on any atom is 0.253 e. The van der Waals surface area contributed by atoms with Crippen LogP contribution in [0, 0.1) is 17.8 Å². The van der Waals surface area contributed by atoms with Crippen molar-refractivity contribution in [3.8, 4) is 0 Å². The number of nitrogens with one attached hydrogen (secondary N) is 2. The third kappa shape index (κ3) is 16.0. The van der Waals surface area contributed by atoms with Gasteiger partial charge in [0.15, 0.2) is 5.96 Å². The molecule has 0 saturated carbocycles. The fraction of sp³-hybridized carbons (Fsp3) is 0.680. The summed E-state index contributed by atoms with van der Waals surface area (Å²) in [6, 6.07) is 4.87. The first-order valence-corrected chi connectivity index (χ1v) is 25.2. The van der Waals surface area contributed by atoms with Gasteiger partial charge in [-0.05, 0) is 61.4 Å². The first kappa shape index (κ1) is 58.4. The van der Waals surface area contributed by atoms with Crippen LogP contribution in [0.1, 0.15) is 91.5 Å². The number of hydrogen-bond acceptors (Lipinski definition) is 10. The minimum absolute atomic E-state index is 0.00644. The number of rotatable bonds is 26. The fourth-order valence-electron chi connectivity index (χ4n) is 9.16. The lowest BCUT2D eigenvalue weighted by atomic mass is 9.89. The normalized spacial score (nSPS) is 17.7. The summed E-state index contributed by atoms with van der Waals surface area (Å²) in [7, 11) is 16.6. The van der Waals surface area contributed by atoms with Gasteiger partial charge in [0.1, 0.15) is 12.1 Å². The molecule has 18 nitrogen and oxygen atoms in total. The number of guanidine groups is 1. The zero-order chi connectivity index (χ0) is 51.7. The van der Waals surface area contributed by atoms with Gasteiger partial charge in [-0.1, -0.05) is 59.6 Å². The molecule has 2 aliphatic rings. The topological polar surface area (TPSA) is 194 Å². The predicted molar refractivity (Wildman–Crippen MR) is 272 cm³/mol. The van der Waals surface area contributed by atoms with E-state index in [2.05, 4.69) is 33.7 Å². The Hall–Kier alpha value is -4.93. The minimum Gasteiger partial charge on any atom is -0.379 e. The number of nitrogens with zero attached hydrogens (tertiary/aromatic N) is 7. The zero-order valence-corrected chi connectivity index (χ0v) is 44.7. The molecule has 19 heteroatoms. The average Bonchev–Trinajstić information content (AvgIpc) is 3.94. The highest BCUT2D eigenvalue weighted by Crippen LogP contribution is 2.30. The van der Waals surface area contributed by atoms with Crippen molar-refractivity contribution < 1.29 is 43.0 Å². The Balaban J connectivity index is 1.62. The maximum absolute atomic E-state index is 14.4. The van der Waals surface area contributed by atoms with E-state index in [0.717, 1.165) is 18.4 Å². The number of carbonyl (C=O) groups is 7. The molecule has 7 amide bonds. The van der Waals surface area contributed by atoms with Gasteiger partial charge in [-0.3, -0.25) is 38.5 Å². The van der Waals surface area contributed by atoms with Crippen LogP contribution in [0.5, 0.6) is 0 Å². The molecule has 386 valence electrons. The van der Waals surface area contributed by atoms with E-state index in [4.69, 9.17) is 14.5 Å². The number of likely N-dealkylation sites (tertiary alicyclic amines) is 1. The molecule has 0 aromatic heterocycles. The molecule has 9 atom stereocenters. The summed E-state index contributed by atoms with van der Waals surface area (Å²) in [5.41, 5.74) is 1.45. The van der Waals surface area contributed by atoms with Gasteiger partial charge < -0.3 is 44.6 Å². The highest BCUT2D eigenvalue weighted by atomic mass is 31.0. The van der Waals surface area contributed by atoms with E-state index in [9.17, 15) is 33.6 Å². The third-order valence-electron chi connectivity index (χ3n) is 13.4. The molecule has 0 aliphatic carbocycles. The Bertz CT molecular complexity index is 1930. The molecule has 0 radical (unpaired) electrons. The molecule has 1 fully saturated rings. The third-order valence-corrected chi connectivity index (χ3v) is 13.8. The van der Waals surface area contributed by atoms with Gasteiger partial charge in [0.2, 0.25) is 29.5 Å². The van der Waals surface area contributed by atoms with Crippen LogP contribution < -0.4 is 15.5 Å². The number of amides is 7. The lowest BCUT2D eigenvalue weighted by molar-refractivity contribution is -0.146. The lowest BCUT2D eigenvalue weighted by Crippen LogP contribution is -2.55. The first-order chi connectivity index (χ1) is 32.6. The Labute approximate surface area is 413 Å². The van der Waals surface area contributed by atoms with Crippen molar-refractivity contribution in [1.82, 2.24) is 35.1 Å². The Morgan fingerprint density at radius 2 is 1.49 bits per heavy atom. The van der Waals surface area contributed by atoms with Crippen LogP contribution in [0.3, 0.4) is 0 Å². The van der Waals surface area contributed by atoms with E-state index in [1.807, 2.05) is 64.0 Å². The highest BCUT2D eigenvalue weighted by molar-refractivity contribution is 7.16. The van der Waals surface area contributed by atoms with Crippen LogP contribution in [-0.4, -0.2) is 184 Å². The fourth-order valence-corrected chi connectivity index (χ4v) is 9.47. The van der Waals surface area contributed by atoms with Crippen LogP contribution in [-0.2, 0) is 49.6 Å². The smallest absolute Gasteiger partial charge is 0.253 e. The Morgan fingerprint density at radius 1 is 0.870 bits per heavy atom. The summed E-state index contributed by atoms with van der Waals surface area (Å²) in [4.78, 5) is 107. The molecule has 2 N–H and O–H groups in total. The number of unbranched alkanes of at least 4 members (excludes halogenated alkanes) is 2. The second-order valence-corrected chi connectivity index (χ2v) is 19.6. The SMILES string of the molecule is CC[C@H](C)[C@@H]([C@@H](CC(=O)N1CCC[C@H]1[C@H](OC)[C@@H](C)C(=O)N[C@@H](CP)C(=O)N(C)c1ccc(CNC(=O)CCCCCN2C(=O)C=CC2=O)cc1)OC)N(C)C(=O)[C@@H](N=C(N(C)C)N(C)C)C(C)C. The molecular formula is C50H82N9O9P. The summed E-state index contributed by atoms with van der Waals surface area (Å²) in [5.74, 6) is -1.86. The van der Waals surface area contributed by atoms with Gasteiger partial charge >= 0.3 is 0 Å². The van der Waals surface area contributed by atoms with E-state index in [1.54, 1.807) is 50.1 Å². The molecule has 0 spiro atoms. The molecule has 1 aromatic rings. The number of anilines is 1. The second-order valence-electron chi connectivity index (χ2n) is 19.1. The number of likely N-dealkylation sites (N-methyl/N-ethyl adjacent to an activating group) is 2. The van der Waals surface area contributed by atoms with E-state index in [0.29, 0.717) is 63.4 Å². The standard InChI is InChI=1S/C50H82N9O9P/c1-14-33(4)45(57(11)49(66)44(32(2)3)53-50(54(6)7)55(8)9)39(67-12)29-43(63)58-28-18-19-38(58)46(68-13)34(5)47(64)52-37(31-69)48(65)56(10)36-23-21-35(22-24-36)30-51-40(60)20-16-15-17-27-59-41(61)25-26-42(59)62/h21-26,32-34,37-39,44-46H,14-20,27-31,69H2,1-13H3,(H,51,60)(H,52,64)/t33-,34+,37-,38-,39+,44-,45-,46+/m0/s1. The van der Waals surface area contributed by atoms with Crippen molar-refractivity contribution in [3.63, 3.8) is 0 Å². The van der Waals surface area contributed by atoms with Crippen molar-refractivity contribution in [2.24, 2.45) is 22.7 Å². The largest absolute Gasteiger partial charge is 0.379 e. The molecule has 2 aliphatic heterocycles. The van der Waals surface area contributed by atoms with Gasteiger partial charge in [-0.2, -0.15) is 0 Å².